The van der Waals surface area contributed by atoms with Gasteiger partial charge >= 0.3 is 0 Å². The van der Waals surface area contributed by atoms with E-state index in [0.717, 1.165) is 45.9 Å². The van der Waals surface area contributed by atoms with Crippen LogP contribution in [0.3, 0.4) is 0 Å². The maximum absolute atomic E-state index is 5.79. The Morgan fingerprint density at radius 2 is 1.77 bits per heavy atom. The first-order chi connectivity index (χ1) is 12.5. The first-order valence-electron chi connectivity index (χ1n) is 9.89. The van der Waals surface area contributed by atoms with Gasteiger partial charge in [-0.3, -0.25) is 9.80 Å². The highest BCUT2D eigenvalue weighted by molar-refractivity contribution is 5.37. The number of aryl methyl sites for hydroxylation is 2. The summed E-state index contributed by atoms with van der Waals surface area (Å²) in [5.41, 5.74) is 5.70. The van der Waals surface area contributed by atoms with Crippen LogP contribution in [-0.4, -0.2) is 87.4 Å². The molecule has 0 amide bonds. The van der Waals surface area contributed by atoms with Crippen molar-refractivity contribution in [2.45, 2.75) is 33.0 Å². The van der Waals surface area contributed by atoms with E-state index in [9.17, 15) is 0 Å². The Kier molecular flexibility index (Phi) is 7.06. The van der Waals surface area contributed by atoms with Gasteiger partial charge in [0.25, 0.3) is 0 Å². The number of hydrogen-bond acceptors (Lipinski definition) is 5. The lowest BCUT2D eigenvalue weighted by molar-refractivity contribution is -0.0963. The molecular formula is C21H35N3O2. The molecule has 1 atom stereocenters. The molecule has 2 fully saturated rings. The SMILES string of the molecule is Cc1cc(C)c(CN2CCN(C)CC2)cc1CN(C)C[C@@H]1COCCO1. The average molecular weight is 362 g/mol. The van der Waals surface area contributed by atoms with E-state index in [1.165, 1.54) is 35.3 Å². The van der Waals surface area contributed by atoms with Crippen LogP contribution in [0.25, 0.3) is 0 Å². The summed E-state index contributed by atoms with van der Waals surface area (Å²) in [5.74, 6) is 0. The van der Waals surface area contributed by atoms with Crippen LogP contribution in [0.1, 0.15) is 22.3 Å². The zero-order chi connectivity index (χ0) is 18.5. The van der Waals surface area contributed by atoms with Crippen LogP contribution in [-0.2, 0) is 22.6 Å². The predicted molar refractivity (Wildman–Crippen MR) is 106 cm³/mol. The van der Waals surface area contributed by atoms with E-state index in [4.69, 9.17) is 9.47 Å². The van der Waals surface area contributed by atoms with E-state index in [0.29, 0.717) is 6.61 Å². The van der Waals surface area contributed by atoms with E-state index in [1.54, 1.807) is 0 Å². The van der Waals surface area contributed by atoms with Crippen molar-refractivity contribution in [3.63, 3.8) is 0 Å². The molecule has 1 aromatic rings. The Morgan fingerprint density at radius 3 is 2.46 bits per heavy atom. The lowest BCUT2D eigenvalue weighted by Gasteiger charge is -2.33. The minimum absolute atomic E-state index is 0.198. The maximum Gasteiger partial charge on any atom is 0.0936 e. The molecule has 0 saturated carbocycles. The number of ether oxygens (including phenoxy) is 2. The molecule has 2 heterocycles. The summed E-state index contributed by atoms with van der Waals surface area (Å²) in [6.07, 6.45) is 0.198. The van der Waals surface area contributed by atoms with Crippen molar-refractivity contribution in [2.24, 2.45) is 0 Å². The molecule has 0 bridgehead atoms. The van der Waals surface area contributed by atoms with Gasteiger partial charge in [-0.1, -0.05) is 12.1 Å². The van der Waals surface area contributed by atoms with E-state index in [-0.39, 0.29) is 6.10 Å². The van der Waals surface area contributed by atoms with Crippen LogP contribution in [0, 0.1) is 13.8 Å². The Hall–Kier alpha value is -0.980. The topological polar surface area (TPSA) is 28.2 Å². The highest BCUT2D eigenvalue weighted by atomic mass is 16.6. The molecule has 0 aliphatic carbocycles. The second kappa shape index (κ2) is 9.29. The Bertz CT molecular complexity index is 579. The fourth-order valence-electron chi connectivity index (χ4n) is 3.88. The Morgan fingerprint density at radius 1 is 1.04 bits per heavy atom. The zero-order valence-corrected chi connectivity index (χ0v) is 17.0. The maximum atomic E-state index is 5.79. The fourth-order valence-corrected chi connectivity index (χ4v) is 3.88. The van der Waals surface area contributed by atoms with Gasteiger partial charge in [-0.15, -0.1) is 0 Å². The van der Waals surface area contributed by atoms with Crippen molar-refractivity contribution < 1.29 is 9.47 Å². The molecular weight excluding hydrogens is 326 g/mol. The van der Waals surface area contributed by atoms with Crippen molar-refractivity contribution >= 4 is 0 Å². The quantitative estimate of drug-likeness (QED) is 0.772. The van der Waals surface area contributed by atoms with Crippen LogP contribution >= 0.6 is 0 Å². The van der Waals surface area contributed by atoms with E-state index >= 15 is 0 Å². The fraction of sp³-hybridized carbons (Fsp3) is 0.714. The number of rotatable bonds is 6. The minimum atomic E-state index is 0.198. The molecule has 5 heteroatoms. The number of hydrogen-bond donors (Lipinski definition) is 0. The van der Waals surface area contributed by atoms with Gasteiger partial charge in [-0.2, -0.15) is 0 Å². The summed E-state index contributed by atoms with van der Waals surface area (Å²) >= 11 is 0. The summed E-state index contributed by atoms with van der Waals surface area (Å²) in [7, 11) is 4.39. The molecule has 1 aromatic carbocycles. The minimum Gasteiger partial charge on any atom is -0.376 e. The normalized spacial score (nSPS) is 22.9. The Balaban J connectivity index is 1.61. The molecule has 26 heavy (non-hydrogen) atoms. The number of likely N-dealkylation sites (N-methyl/N-ethyl adjacent to an activating group) is 2. The lowest BCUT2D eigenvalue weighted by atomic mass is 9.99. The van der Waals surface area contributed by atoms with Gasteiger partial charge in [-0.05, 0) is 50.2 Å². The molecule has 5 nitrogen and oxygen atoms in total. The van der Waals surface area contributed by atoms with Gasteiger partial charge in [0.1, 0.15) is 0 Å². The second-order valence-corrected chi connectivity index (χ2v) is 8.05. The molecule has 2 aliphatic rings. The first kappa shape index (κ1) is 19.8. The van der Waals surface area contributed by atoms with Gasteiger partial charge in [0.15, 0.2) is 0 Å². The van der Waals surface area contributed by atoms with Gasteiger partial charge in [-0.25, -0.2) is 0 Å². The smallest absolute Gasteiger partial charge is 0.0936 e. The number of nitrogens with zero attached hydrogens (tertiary/aromatic N) is 3. The zero-order valence-electron chi connectivity index (χ0n) is 17.0. The summed E-state index contributed by atoms with van der Waals surface area (Å²) in [6.45, 7) is 14.3. The van der Waals surface area contributed by atoms with Crippen LogP contribution in [0.2, 0.25) is 0 Å². The summed E-state index contributed by atoms with van der Waals surface area (Å²) in [4.78, 5) is 7.35. The number of benzene rings is 1. The third-order valence-corrected chi connectivity index (χ3v) is 5.62. The summed E-state index contributed by atoms with van der Waals surface area (Å²) in [5, 5.41) is 0. The van der Waals surface area contributed by atoms with Gasteiger partial charge in [0.2, 0.25) is 0 Å². The van der Waals surface area contributed by atoms with Crippen LogP contribution < -0.4 is 0 Å². The van der Waals surface area contributed by atoms with Crippen LogP contribution in [0.5, 0.6) is 0 Å². The van der Waals surface area contributed by atoms with Gasteiger partial charge < -0.3 is 14.4 Å². The average Bonchev–Trinajstić information content (AvgIpc) is 2.62. The molecule has 0 radical (unpaired) electrons. The molecule has 2 saturated heterocycles. The molecule has 3 rings (SSSR count). The second-order valence-electron chi connectivity index (χ2n) is 8.05. The van der Waals surface area contributed by atoms with E-state index < -0.39 is 0 Å². The summed E-state index contributed by atoms with van der Waals surface area (Å²) in [6, 6.07) is 4.78. The van der Waals surface area contributed by atoms with Crippen LogP contribution in [0.15, 0.2) is 12.1 Å². The Labute approximate surface area is 158 Å². The summed E-state index contributed by atoms with van der Waals surface area (Å²) < 4.78 is 11.3. The molecule has 0 spiro atoms. The molecule has 0 unspecified atom stereocenters. The molecule has 2 aliphatic heterocycles. The van der Waals surface area contributed by atoms with Crippen molar-refractivity contribution in [1.29, 1.82) is 0 Å². The van der Waals surface area contributed by atoms with Crippen molar-refractivity contribution in [2.75, 3.05) is 66.6 Å². The third-order valence-electron chi connectivity index (χ3n) is 5.62. The molecule has 0 aromatic heterocycles. The van der Waals surface area contributed by atoms with Gasteiger partial charge in [0.05, 0.1) is 25.9 Å². The van der Waals surface area contributed by atoms with Crippen molar-refractivity contribution in [3.8, 4) is 0 Å². The van der Waals surface area contributed by atoms with Crippen LogP contribution in [0.4, 0.5) is 0 Å². The first-order valence-corrected chi connectivity index (χ1v) is 9.89. The highest BCUT2D eigenvalue weighted by Crippen LogP contribution is 2.20. The van der Waals surface area contributed by atoms with Gasteiger partial charge in [0, 0.05) is 45.8 Å². The largest absolute Gasteiger partial charge is 0.376 e. The molecule has 0 N–H and O–H groups in total. The molecule has 146 valence electrons. The van der Waals surface area contributed by atoms with E-state index in [1.807, 2.05) is 0 Å². The number of piperazine rings is 1. The standard InChI is InChI=1S/C21H35N3O2/c1-17-11-18(2)20(14-24-7-5-22(3)6-8-24)12-19(17)13-23(4)15-21-16-25-9-10-26-21/h11-12,21H,5-10,13-16H2,1-4H3/t21-/m1/s1. The van der Waals surface area contributed by atoms with E-state index in [2.05, 4.69) is 54.8 Å². The predicted octanol–water partition coefficient (Wildman–Crippen LogP) is 1.90. The van der Waals surface area contributed by atoms with Crippen molar-refractivity contribution in [1.82, 2.24) is 14.7 Å². The van der Waals surface area contributed by atoms with Crippen molar-refractivity contribution in [3.05, 3.63) is 34.4 Å². The highest BCUT2D eigenvalue weighted by Gasteiger charge is 2.18. The monoisotopic (exact) mass is 361 g/mol. The third kappa shape index (κ3) is 5.51. The lowest BCUT2D eigenvalue weighted by Crippen LogP contribution is -2.44.